The van der Waals surface area contributed by atoms with E-state index in [2.05, 4.69) is 35.7 Å². The van der Waals surface area contributed by atoms with Gasteiger partial charge in [-0.25, -0.2) is 4.99 Å². The molecule has 1 fully saturated rings. The number of amides is 3. The van der Waals surface area contributed by atoms with Crippen molar-refractivity contribution in [2.24, 2.45) is 10.9 Å². The molecule has 8 heteroatoms. The predicted molar refractivity (Wildman–Crippen MR) is 180 cm³/mol. The number of benzene rings is 3. The van der Waals surface area contributed by atoms with Crippen molar-refractivity contribution in [3.63, 3.8) is 0 Å². The second-order valence-electron chi connectivity index (χ2n) is 12.0. The number of phenolic OH excluding ortho intramolecular Hbond substituents is 1. The molecule has 1 aliphatic carbocycles. The van der Waals surface area contributed by atoms with Crippen molar-refractivity contribution in [2.75, 3.05) is 18.0 Å². The van der Waals surface area contributed by atoms with E-state index in [1.807, 2.05) is 49.4 Å². The highest BCUT2D eigenvalue weighted by atomic mass is 16.3. The molecule has 3 amide bonds. The summed E-state index contributed by atoms with van der Waals surface area (Å²) in [6.07, 6.45) is 11.2. The molecule has 3 aromatic carbocycles. The molecule has 8 nitrogen and oxygen atoms in total. The van der Waals surface area contributed by atoms with Gasteiger partial charge < -0.3 is 20.2 Å². The molecular formula is C38H38N4O4. The molecule has 46 heavy (non-hydrogen) atoms. The van der Waals surface area contributed by atoms with E-state index >= 15 is 0 Å². The molecule has 0 bridgehead atoms. The molecule has 2 N–H and O–H groups in total. The number of hydrogen-bond donors (Lipinski definition) is 2. The lowest BCUT2D eigenvalue weighted by Gasteiger charge is -2.31. The Morgan fingerprint density at radius 2 is 1.67 bits per heavy atom. The quantitative estimate of drug-likeness (QED) is 0.373. The van der Waals surface area contributed by atoms with Gasteiger partial charge in [-0.15, -0.1) is 0 Å². The van der Waals surface area contributed by atoms with Gasteiger partial charge in [0.05, 0.1) is 17.9 Å². The maximum Gasteiger partial charge on any atom is 0.272 e. The lowest BCUT2D eigenvalue weighted by molar-refractivity contribution is -0.135. The lowest BCUT2D eigenvalue weighted by Crippen LogP contribution is -2.50. The topological polar surface area (TPSA) is 102 Å². The normalized spacial score (nSPS) is 18.3. The van der Waals surface area contributed by atoms with E-state index in [0.717, 1.165) is 39.8 Å². The number of allylic oxidation sites excluding steroid dienone is 6. The molecule has 2 aliphatic heterocycles. The smallest absolute Gasteiger partial charge is 0.272 e. The second kappa shape index (κ2) is 13.4. The first-order chi connectivity index (χ1) is 22.3. The molecule has 1 unspecified atom stereocenters. The van der Waals surface area contributed by atoms with E-state index in [4.69, 9.17) is 4.99 Å². The number of piperidine rings is 1. The number of hydrogen-bond acceptors (Lipinski definition) is 5. The van der Waals surface area contributed by atoms with Gasteiger partial charge in [-0.2, -0.15) is 0 Å². The number of nitrogens with zero attached hydrogens (tertiary/aromatic N) is 3. The summed E-state index contributed by atoms with van der Waals surface area (Å²) in [5, 5.41) is 13.0. The monoisotopic (exact) mass is 614 g/mol. The summed E-state index contributed by atoms with van der Waals surface area (Å²) in [4.78, 5) is 48.2. The Morgan fingerprint density at radius 3 is 2.39 bits per heavy atom. The molecule has 2 heterocycles. The minimum Gasteiger partial charge on any atom is -0.508 e. The number of benzodiazepines with no additional fused rings is 1. The minimum absolute atomic E-state index is 0.00267. The fourth-order valence-corrected chi connectivity index (χ4v) is 6.19. The zero-order chi connectivity index (χ0) is 32.2. The van der Waals surface area contributed by atoms with Crippen LogP contribution in [0.2, 0.25) is 0 Å². The first kappa shape index (κ1) is 30.8. The van der Waals surface area contributed by atoms with Crippen molar-refractivity contribution < 1.29 is 19.5 Å². The third-order valence-electron chi connectivity index (χ3n) is 8.81. The van der Waals surface area contributed by atoms with E-state index in [1.54, 1.807) is 34.1 Å². The Hall–Kier alpha value is -5.24. The number of carbonyl (C=O) groups excluding carboxylic acids is 3. The summed E-state index contributed by atoms with van der Waals surface area (Å²) in [5.41, 5.74) is 6.92. The van der Waals surface area contributed by atoms with Crippen LogP contribution in [0.25, 0.3) is 5.57 Å². The van der Waals surface area contributed by atoms with Crippen LogP contribution < -0.4 is 10.2 Å². The zero-order valence-corrected chi connectivity index (χ0v) is 26.1. The van der Waals surface area contributed by atoms with E-state index < -0.39 is 6.17 Å². The summed E-state index contributed by atoms with van der Waals surface area (Å²) in [5.74, 6) is -0.792. The third-order valence-corrected chi connectivity index (χ3v) is 8.81. The number of aryl methyl sites for hydroxylation is 1. The number of anilines is 1. The van der Waals surface area contributed by atoms with Crippen molar-refractivity contribution in [2.45, 2.75) is 45.8 Å². The number of nitrogens with one attached hydrogen (secondary N) is 1. The summed E-state index contributed by atoms with van der Waals surface area (Å²) < 4.78 is 0. The second-order valence-corrected chi connectivity index (χ2v) is 12.0. The van der Waals surface area contributed by atoms with E-state index in [9.17, 15) is 19.5 Å². The Labute approximate surface area is 269 Å². The van der Waals surface area contributed by atoms with Crippen LogP contribution in [0.3, 0.4) is 0 Å². The van der Waals surface area contributed by atoms with Crippen LogP contribution >= 0.6 is 0 Å². The van der Waals surface area contributed by atoms with Gasteiger partial charge in [0, 0.05) is 37.1 Å². The van der Waals surface area contributed by atoms with Gasteiger partial charge in [-0.05, 0) is 79.3 Å². The van der Waals surface area contributed by atoms with Crippen molar-refractivity contribution in [1.29, 1.82) is 0 Å². The standard InChI is InChI=1S/C38H38N4O4/c1-25-9-18-34-33(23-25)35(30-14-16-32(44)17-15-30)39-36(40-37(45)31-19-21-41(22-20-31)26(2)43)38(46)42(34)24-27-10-12-29(13-11-27)28-7-5-3-4-6-8-28/h3-5,7-18,23,31,36,44H,6,19-22,24H2,1-2H3,(H,40,45). The van der Waals surface area contributed by atoms with Gasteiger partial charge in [0.15, 0.2) is 0 Å². The first-order valence-corrected chi connectivity index (χ1v) is 15.7. The van der Waals surface area contributed by atoms with Crippen molar-refractivity contribution in [1.82, 2.24) is 10.2 Å². The number of phenols is 1. The maximum absolute atomic E-state index is 14.4. The first-order valence-electron chi connectivity index (χ1n) is 15.7. The molecule has 3 aromatic rings. The van der Waals surface area contributed by atoms with Crippen LogP contribution in [-0.4, -0.2) is 52.7 Å². The summed E-state index contributed by atoms with van der Waals surface area (Å²) in [7, 11) is 0. The Morgan fingerprint density at radius 1 is 0.957 bits per heavy atom. The van der Waals surface area contributed by atoms with E-state index in [1.165, 1.54) is 6.92 Å². The molecule has 0 aromatic heterocycles. The maximum atomic E-state index is 14.4. The van der Waals surface area contributed by atoms with Gasteiger partial charge in [-0.1, -0.05) is 66.3 Å². The van der Waals surface area contributed by atoms with Crippen LogP contribution in [-0.2, 0) is 20.9 Å². The lowest BCUT2D eigenvalue weighted by atomic mass is 9.96. The molecular weight excluding hydrogens is 576 g/mol. The molecule has 3 aliphatic rings. The minimum atomic E-state index is -1.16. The average Bonchev–Trinajstić information content (AvgIpc) is 3.40. The Balaban J connectivity index is 1.35. The van der Waals surface area contributed by atoms with Crippen LogP contribution in [0, 0.1) is 12.8 Å². The SMILES string of the molecule is CC(=O)N1CCC(C(=O)NC2N=C(c3ccc(O)cc3)c3cc(C)ccc3N(Cc3ccc(C4=CCC=CC=C4)cc3)C2=O)CC1. The number of aromatic hydroxyl groups is 1. The molecule has 234 valence electrons. The number of fused-ring (bicyclic) bond motifs is 1. The average molecular weight is 615 g/mol. The fourth-order valence-electron chi connectivity index (χ4n) is 6.19. The van der Waals surface area contributed by atoms with Gasteiger partial charge >= 0.3 is 0 Å². The molecule has 1 atom stereocenters. The van der Waals surface area contributed by atoms with Crippen molar-refractivity contribution in [3.8, 4) is 5.75 Å². The van der Waals surface area contributed by atoms with Crippen molar-refractivity contribution in [3.05, 3.63) is 125 Å². The van der Waals surface area contributed by atoms with Crippen molar-refractivity contribution >= 4 is 34.7 Å². The van der Waals surface area contributed by atoms with Gasteiger partial charge in [0.1, 0.15) is 5.75 Å². The number of likely N-dealkylation sites (tertiary alicyclic amines) is 1. The molecule has 1 saturated heterocycles. The third kappa shape index (κ3) is 6.71. The highest BCUT2D eigenvalue weighted by Crippen LogP contribution is 2.32. The predicted octanol–water partition coefficient (Wildman–Crippen LogP) is 5.69. The zero-order valence-electron chi connectivity index (χ0n) is 26.1. The molecule has 0 radical (unpaired) electrons. The summed E-state index contributed by atoms with van der Waals surface area (Å²) >= 11 is 0. The van der Waals surface area contributed by atoms with Crippen LogP contribution in [0.1, 0.15) is 54.0 Å². The highest BCUT2D eigenvalue weighted by molar-refractivity contribution is 6.20. The largest absolute Gasteiger partial charge is 0.508 e. The van der Waals surface area contributed by atoms with Gasteiger partial charge in [0.25, 0.3) is 5.91 Å². The van der Waals surface area contributed by atoms with Crippen LogP contribution in [0.5, 0.6) is 5.75 Å². The van der Waals surface area contributed by atoms with Crippen LogP contribution in [0.4, 0.5) is 5.69 Å². The highest BCUT2D eigenvalue weighted by Gasteiger charge is 2.35. The molecule has 6 rings (SSSR count). The number of rotatable bonds is 6. The summed E-state index contributed by atoms with van der Waals surface area (Å²) in [6.45, 7) is 4.82. The number of carbonyl (C=O) groups is 3. The summed E-state index contributed by atoms with van der Waals surface area (Å²) in [6, 6.07) is 20.8. The van der Waals surface area contributed by atoms with Crippen LogP contribution in [0.15, 0.2) is 102 Å². The van der Waals surface area contributed by atoms with E-state index in [0.29, 0.717) is 37.3 Å². The fraction of sp³-hybridized carbons (Fsp3) is 0.263. The molecule has 0 spiro atoms. The van der Waals surface area contributed by atoms with E-state index in [-0.39, 0.29) is 35.9 Å². The number of aliphatic imine (C=N–C) groups is 1. The Kier molecular flexibility index (Phi) is 8.97. The van der Waals surface area contributed by atoms with Gasteiger partial charge in [0.2, 0.25) is 18.0 Å². The Bertz CT molecular complexity index is 1760. The van der Waals surface area contributed by atoms with Gasteiger partial charge in [-0.3, -0.25) is 14.4 Å². The molecule has 0 saturated carbocycles.